The maximum Gasteiger partial charge on any atom is 0.224 e. The molecular weight excluding hydrogens is 366 g/mol. The zero-order valence-electron chi connectivity index (χ0n) is 14.9. The molecule has 1 unspecified atom stereocenters. The van der Waals surface area contributed by atoms with Gasteiger partial charge < -0.3 is 5.32 Å². The van der Waals surface area contributed by atoms with Gasteiger partial charge in [0.15, 0.2) is 0 Å². The van der Waals surface area contributed by atoms with Crippen LogP contribution in [-0.2, 0) is 11.3 Å². The third-order valence-corrected chi connectivity index (χ3v) is 7.87. The zero-order valence-corrected chi connectivity index (χ0v) is 16.5. The van der Waals surface area contributed by atoms with Gasteiger partial charge in [0.25, 0.3) is 0 Å². The molecule has 1 aromatic heterocycles. The molecule has 1 aromatic rings. The SMILES string of the molecule is Cc1nn(CC(C)C(=O)NC2C3CC4CC(C3)CC2C4)c(C)c1Br. The van der Waals surface area contributed by atoms with Crippen LogP contribution in [0.5, 0.6) is 0 Å². The summed E-state index contributed by atoms with van der Waals surface area (Å²) in [5.74, 6) is 3.53. The van der Waals surface area contributed by atoms with E-state index >= 15 is 0 Å². The lowest BCUT2D eigenvalue weighted by molar-refractivity contribution is -0.129. The number of halogens is 1. The van der Waals surface area contributed by atoms with E-state index in [0.29, 0.717) is 12.6 Å². The lowest BCUT2D eigenvalue weighted by Gasteiger charge is -2.54. The fourth-order valence-corrected chi connectivity index (χ4v) is 5.95. The van der Waals surface area contributed by atoms with Gasteiger partial charge in [0.05, 0.1) is 22.6 Å². The fourth-order valence-electron chi connectivity index (χ4n) is 5.66. The minimum Gasteiger partial charge on any atom is -0.353 e. The van der Waals surface area contributed by atoms with Gasteiger partial charge in [0.2, 0.25) is 5.91 Å². The average molecular weight is 394 g/mol. The van der Waals surface area contributed by atoms with Gasteiger partial charge in [-0.05, 0) is 85.6 Å². The van der Waals surface area contributed by atoms with E-state index in [2.05, 4.69) is 26.3 Å². The van der Waals surface area contributed by atoms with E-state index in [1.807, 2.05) is 25.5 Å². The highest BCUT2D eigenvalue weighted by Gasteiger charge is 2.48. The van der Waals surface area contributed by atoms with E-state index in [-0.39, 0.29) is 11.8 Å². The van der Waals surface area contributed by atoms with Crippen LogP contribution >= 0.6 is 15.9 Å². The second kappa shape index (κ2) is 6.15. The van der Waals surface area contributed by atoms with Crippen LogP contribution in [0, 0.1) is 43.4 Å². The number of amides is 1. The first-order valence-corrected chi connectivity index (χ1v) is 10.2. The van der Waals surface area contributed by atoms with Crippen LogP contribution in [0.3, 0.4) is 0 Å². The van der Waals surface area contributed by atoms with Gasteiger partial charge in [-0.15, -0.1) is 0 Å². The number of nitrogens with one attached hydrogen (secondary N) is 1. The molecule has 1 amide bonds. The maximum absolute atomic E-state index is 12.8. The van der Waals surface area contributed by atoms with Gasteiger partial charge in [-0.3, -0.25) is 9.48 Å². The van der Waals surface area contributed by atoms with Gasteiger partial charge in [0.1, 0.15) is 0 Å². The molecule has 132 valence electrons. The molecule has 0 spiro atoms. The molecule has 5 heteroatoms. The molecule has 1 heterocycles. The largest absolute Gasteiger partial charge is 0.353 e. The Morgan fingerprint density at radius 3 is 2.29 bits per heavy atom. The van der Waals surface area contributed by atoms with Crippen LogP contribution in [0.2, 0.25) is 0 Å². The van der Waals surface area contributed by atoms with Crippen molar-refractivity contribution in [3.63, 3.8) is 0 Å². The number of aromatic nitrogens is 2. The summed E-state index contributed by atoms with van der Waals surface area (Å²) >= 11 is 3.57. The zero-order chi connectivity index (χ0) is 17.0. The van der Waals surface area contributed by atoms with Crippen LogP contribution in [0.15, 0.2) is 4.47 Å². The molecule has 4 bridgehead atoms. The van der Waals surface area contributed by atoms with Crippen molar-refractivity contribution in [2.75, 3.05) is 0 Å². The van der Waals surface area contributed by atoms with Crippen LogP contribution in [0.4, 0.5) is 0 Å². The second-order valence-corrected chi connectivity index (χ2v) is 9.33. The molecule has 4 aliphatic carbocycles. The molecule has 5 rings (SSSR count). The second-order valence-electron chi connectivity index (χ2n) is 8.53. The Morgan fingerprint density at radius 2 is 1.79 bits per heavy atom. The monoisotopic (exact) mass is 393 g/mol. The smallest absolute Gasteiger partial charge is 0.224 e. The first-order chi connectivity index (χ1) is 11.4. The molecule has 1 atom stereocenters. The number of hydrogen-bond donors (Lipinski definition) is 1. The summed E-state index contributed by atoms with van der Waals surface area (Å²) in [6.45, 7) is 6.71. The Morgan fingerprint density at radius 1 is 1.21 bits per heavy atom. The van der Waals surface area contributed by atoms with E-state index in [1.54, 1.807) is 0 Å². The molecule has 4 fully saturated rings. The Balaban J connectivity index is 1.40. The molecule has 0 aromatic carbocycles. The number of hydrogen-bond acceptors (Lipinski definition) is 2. The van der Waals surface area contributed by atoms with E-state index in [9.17, 15) is 4.79 Å². The fraction of sp³-hybridized carbons (Fsp3) is 0.789. The summed E-state index contributed by atoms with van der Waals surface area (Å²) < 4.78 is 3.01. The summed E-state index contributed by atoms with van der Waals surface area (Å²) in [6, 6.07) is 0.431. The lowest BCUT2D eigenvalue weighted by atomic mass is 9.54. The summed E-state index contributed by atoms with van der Waals surface area (Å²) in [7, 11) is 0. The molecule has 4 aliphatic rings. The predicted octanol–water partition coefficient (Wildman–Crippen LogP) is 3.84. The molecule has 4 nitrogen and oxygen atoms in total. The predicted molar refractivity (Wildman–Crippen MR) is 97.5 cm³/mol. The lowest BCUT2D eigenvalue weighted by Crippen LogP contribution is -2.56. The van der Waals surface area contributed by atoms with Crippen molar-refractivity contribution in [1.82, 2.24) is 15.1 Å². The van der Waals surface area contributed by atoms with Gasteiger partial charge in [-0.25, -0.2) is 0 Å². The normalized spacial score (nSPS) is 35.2. The Labute approximate surface area is 152 Å². The first kappa shape index (κ1) is 16.6. The maximum atomic E-state index is 12.8. The minimum atomic E-state index is -0.0490. The Hall–Kier alpha value is -0.840. The topological polar surface area (TPSA) is 46.9 Å². The van der Waals surface area contributed by atoms with E-state index in [1.165, 1.54) is 32.1 Å². The van der Waals surface area contributed by atoms with Gasteiger partial charge in [0, 0.05) is 11.7 Å². The van der Waals surface area contributed by atoms with Gasteiger partial charge in [-0.1, -0.05) is 6.92 Å². The number of rotatable bonds is 4. The Kier molecular flexibility index (Phi) is 4.26. The van der Waals surface area contributed by atoms with Gasteiger partial charge in [-0.2, -0.15) is 5.10 Å². The minimum absolute atomic E-state index is 0.0490. The highest BCUT2D eigenvalue weighted by atomic mass is 79.9. The van der Waals surface area contributed by atoms with Crippen molar-refractivity contribution in [1.29, 1.82) is 0 Å². The van der Waals surface area contributed by atoms with Crippen molar-refractivity contribution in [3.8, 4) is 0 Å². The molecule has 0 aliphatic heterocycles. The molecule has 0 radical (unpaired) electrons. The summed E-state index contributed by atoms with van der Waals surface area (Å²) in [5.41, 5.74) is 2.09. The van der Waals surface area contributed by atoms with E-state index in [4.69, 9.17) is 0 Å². The van der Waals surface area contributed by atoms with Crippen molar-refractivity contribution >= 4 is 21.8 Å². The molecule has 4 saturated carbocycles. The molecule has 1 N–H and O–H groups in total. The number of carbonyl (C=O) groups excluding carboxylic acids is 1. The van der Waals surface area contributed by atoms with Crippen LogP contribution in [0.1, 0.15) is 50.4 Å². The van der Waals surface area contributed by atoms with Crippen LogP contribution in [-0.4, -0.2) is 21.7 Å². The number of aryl methyl sites for hydroxylation is 1. The highest BCUT2D eigenvalue weighted by Crippen LogP contribution is 2.53. The highest BCUT2D eigenvalue weighted by molar-refractivity contribution is 9.10. The molecule has 24 heavy (non-hydrogen) atoms. The van der Waals surface area contributed by atoms with E-state index in [0.717, 1.165) is 39.5 Å². The first-order valence-electron chi connectivity index (χ1n) is 9.42. The van der Waals surface area contributed by atoms with Crippen LogP contribution < -0.4 is 5.32 Å². The average Bonchev–Trinajstić information content (AvgIpc) is 2.77. The Bertz CT molecular complexity index is 625. The number of carbonyl (C=O) groups is 1. The van der Waals surface area contributed by atoms with Crippen LogP contribution in [0.25, 0.3) is 0 Å². The summed E-state index contributed by atoms with van der Waals surface area (Å²) in [6.07, 6.45) is 6.83. The standard InChI is InChI=1S/C19H28BrN3O/c1-10(9-23-12(3)17(20)11(2)22-23)19(24)21-18-15-5-13-4-14(7-15)8-16(18)6-13/h10,13-16,18H,4-9H2,1-3H3,(H,21,24). The molecular formula is C19H28BrN3O. The summed E-state index contributed by atoms with van der Waals surface area (Å²) in [4.78, 5) is 12.8. The van der Waals surface area contributed by atoms with Crippen molar-refractivity contribution in [2.45, 2.75) is 65.5 Å². The molecule has 0 saturated heterocycles. The van der Waals surface area contributed by atoms with Crippen molar-refractivity contribution < 1.29 is 4.79 Å². The third kappa shape index (κ3) is 2.83. The van der Waals surface area contributed by atoms with E-state index < -0.39 is 0 Å². The number of nitrogens with zero attached hydrogens (tertiary/aromatic N) is 2. The van der Waals surface area contributed by atoms with Gasteiger partial charge >= 0.3 is 0 Å². The quantitative estimate of drug-likeness (QED) is 0.844. The van der Waals surface area contributed by atoms with Crippen molar-refractivity contribution in [2.24, 2.45) is 29.6 Å². The van der Waals surface area contributed by atoms with Crippen molar-refractivity contribution in [3.05, 3.63) is 15.9 Å². The third-order valence-electron chi connectivity index (χ3n) is 6.72. The summed E-state index contributed by atoms with van der Waals surface area (Å²) in [5, 5.41) is 7.97.